The molecule has 2 unspecified atom stereocenters. The average Bonchev–Trinajstić information content (AvgIpc) is 3.08. The highest BCUT2D eigenvalue weighted by Gasteiger charge is 2.35. The summed E-state index contributed by atoms with van der Waals surface area (Å²) in [5.74, 6) is 0.605. The average molecular weight is 217 g/mol. The zero-order chi connectivity index (χ0) is 11.7. The van der Waals surface area contributed by atoms with Crippen LogP contribution in [0.15, 0.2) is 42.0 Å². The number of nitrogens with two attached hydrogens (primary N) is 1. The van der Waals surface area contributed by atoms with Crippen LogP contribution in [0.2, 0.25) is 0 Å². The van der Waals surface area contributed by atoms with Gasteiger partial charge in [0, 0.05) is 12.0 Å². The fourth-order valence-corrected chi connectivity index (χ4v) is 1.96. The summed E-state index contributed by atoms with van der Waals surface area (Å²) < 4.78 is 0. The number of rotatable bonds is 4. The molecule has 3 atom stereocenters. The lowest BCUT2D eigenvalue weighted by Gasteiger charge is -2.21. The van der Waals surface area contributed by atoms with Crippen molar-refractivity contribution in [3.05, 3.63) is 47.5 Å². The molecule has 0 spiro atoms. The van der Waals surface area contributed by atoms with Gasteiger partial charge in [-0.15, -0.1) is 0 Å². The van der Waals surface area contributed by atoms with Crippen LogP contribution in [-0.2, 0) is 0 Å². The van der Waals surface area contributed by atoms with Crippen LogP contribution < -0.4 is 5.73 Å². The molecule has 1 aliphatic rings. The number of aliphatic hydroxyl groups excluding tert-OH is 1. The zero-order valence-electron chi connectivity index (χ0n) is 9.80. The van der Waals surface area contributed by atoms with Gasteiger partial charge in [0.25, 0.3) is 0 Å². The van der Waals surface area contributed by atoms with Gasteiger partial charge in [-0.05, 0) is 17.1 Å². The predicted octanol–water partition coefficient (Wildman–Crippen LogP) is 2.05. The molecule has 1 aromatic rings. The molecule has 16 heavy (non-hydrogen) atoms. The van der Waals surface area contributed by atoms with Crippen molar-refractivity contribution in [3.8, 4) is 0 Å². The Morgan fingerprint density at radius 2 is 1.81 bits per heavy atom. The highest BCUT2D eigenvalue weighted by Crippen LogP contribution is 2.42. The molecule has 0 radical (unpaired) electrons. The van der Waals surface area contributed by atoms with Crippen LogP contribution in [0.1, 0.15) is 25.3 Å². The maximum atomic E-state index is 10.1. The number of allylic oxidation sites excluding steroid dienone is 1. The van der Waals surface area contributed by atoms with Gasteiger partial charge in [-0.1, -0.05) is 50.3 Å². The Morgan fingerprint density at radius 3 is 2.38 bits per heavy atom. The van der Waals surface area contributed by atoms with Crippen molar-refractivity contribution in [2.75, 3.05) is 0 Å². The van der Waals surface area contributed by atoms with E-state index in [0.717, 1.165) is 5.57 Å². The van der Waals surface area contributed by atoms with E-state index in [1.54, 1.807) is 0 Å². The van der Waals surface area contributed by atoms with E-state index in [2.05, 4.69) is 18.2 Å². The van der Waals surface area contributed by atoms with Crippen LogP contribution in [0.5, 0.6) is 0 Å². The first-order valence-electron chi connectivity index (χ1n) is 5.81. The summed E-state index contributed by atoms with van der Waals surface area (Å²) in [5.41, 5.74) is 8.27. The Bertz CT molecular complexity index is 383. The molecule has 2 nitrogen and oxygen atoms in total. The zero-order valence-corrected chi connectivity index (χ0v) is 9.80. The normalized spacial score (nSPS) is 22.8. The smallest absolute Gasteiger partial charge is 0.0912 e. The molecule has 1 aromatic carbocycles. The molecule has 0 fully saturated rings. The van der Waals surface area contributed by atoms with E-state index in [1.165, 1.54) is 5.56 Å². The summed E-state index contributed by atoms with van der Waals surface area (Å²) in [5, 5.41) is 10.1. The van der Waals surface area contributed by atoms with Crippen molar-refractivity contribution >= 4 is 0 Å². The molecule has 3 N–H and O–H groups in total. The maximum Gasteiger partial charge on any atom is 0.0912 e. The van der Waals surface area contributed by atoms with Crippen LogP contribution in [0.4, 0.5) is 0 Å². The molecule has 2 heteroatoms. The highest BCUT2D eigenvalue weighted by atomic mass is 16.3. The molecule has 0 aliphatic heterocycles. The van der Waals surface area contributed by atoms with Crippen molar-refractivity contribution in [2.24, 2.45) is 11.7 Å². The number of benzene rings is 1. The summed E-state index contributed by atoms with van der Waals surface area (Å²) in [6, 6.07) is 10.0. The second-order valence-corrected chi connectivity index (χ2v) is 4.82. The summed E-state index contributed by atoms with van der Waals surface area (Å²) in [4.78, 5) is 0. The largest absolute Gasteiger partial charge is 0.387 e. The van der Waals surface area contributed by atoms with Crippen molar-refractivity contribution < 1.29 is 5.11 Å². The lowest BCUT2D eigenvalue weighted by Crippen LogP contribution is -2.39. The summed E-state index contributed by atoms with van der Waals surface area (Å²) in [6.45, 7) is 4.07. The van der Waals surface area contributed by atoms with Gasteiger partial charge in [0.15, 0.2) is 0 Å². The lowest BCUT2D eigenvalue weighted by atomic mass is 9.95. The van der Waals surface area contributed by atoms with Crippen LogP contribution in [0.25, 0.3) is 0 Å². The van der Waals surface area contributed by atoms with Gasteiger partial charge in [0.1, 0.15) is 0 Å². The van der Waals surface area contributed by atoms with E-state index < -0.39 is 6.10 Å². The van der Waals surface area contributed by atoms with Gasteiger partial charge in [0.05, 0.1) is 6.10 Å². The van der Waals surface area contributed by atoms with Gasteiger partial charge in [-0.2, -0.15) is 0 Å². The number of aliphatic hydroxyl groups is 1. The quantitative estimate of drug-likeness (QED) is 0.758. The van der Waals surface area contributed by atoms with Gasteiger partial charge in [-0.25, -0.2) is 0 Å². The first kappa shape index (κ1) is 11.4. The molecule has 0 saturated carbocycles. The molecular weight excluding hydrogens is 198 g/mol. The molecule has 86 valence electrons. The van der Waals surface area contributed by atoms with Crippen molar-refractivity contribution in [2.45, 2.75) is 31.9 Å². The second-order valence-electron chi connectivity index (χ2n) is 4.82. The monoisotopic (exact) mass is 217 g/mol. The van der Waals surface area contributed by atoms with Crippen molar-refractivity contribution in [1.29, 1.82) is 0 Å². The molecule has 2 rings (SSSR count). The predicted molar refractivity (Wildman–Crippen MR) is 66.1 cm³/mol. The fourth-order valence-electron chi connectivity index (χ4n) is 1.96. The van der Waals surface area contributed by atoms with Gasteiger partial charge in [-0.3, -0.25) is 0 Å². The van der Waals surface area contributed by atoms with Crippen molar-refractivity contribution in [1.82, 2.24) is 0 Å². The molecular formula is C14H19NO. The molecule has 0 bridgehead atoms. The summed E-state index contributed by atoms with van der Waals surface area (Å²) in [7, 11) is 0. The second kappa shape index (κ2) is 4.40. The fraction of sp³-hybridized carbons (Fsp3) is 0.429. The van der Waals surface area contributed by atoms with Crippen LogP contribution in [0.3, 0.4) is 0 Å². The highest BCUT2D eigenvalue weighted by molar-refractivity contribution is 5.48. The molecule has 0 aromatic heterocycles. The van der Waals surface area contributed by atoms with E-state index in [4.69, 9.17) is 5.73 Å². The minimum atomic E-state index is -0.495. The lowest BCUT2D eigenvalue weighted by molar-refractivity contribution is 0.160. The van der Waals surface area contributed by atoms with E-state index >= 15 is 0 Å². The third-order valence-electron chi connectivity index (χ3n) is 3.24. The number of hydrogen-bond donors (Lipinski definition) is 2. The summed E-state index contributed by atoms with van der Waals surface area (Å²) >= 11 is 0. The minimum absolute atomic E-state index is 0.167. The third-order valence-corrected chi connectivity index (χ3v) is 3.24. The molecule has 1 aliphatic carbocycles. The van der Waals surface area contributed by atoms with E-state index in [-0.39, 0.29) is 6.04 Å². The number of hydrogen-bond acceptors (Lipinski definition) is 2. The first-order valence-corrected chi connectivity index (χ1v) is 5.81. The minimum Gasteiger partial charge on any atom is -0.387 e. The van der Waals surface area contributed by atoms with Crippen LogP contribution in [-0.4, -0.2) is 17.3 Å². The first-order chi connectivity index (χ1) is 7.61. The van der Waals surface area contributed by atoms with E-state index in [1.807, 2.05) is 32.0 Å². The molecule has 0 amide bonds. The Kier molecular flexibility index (Phi) is 3.13. The van der Waals surface area contributed by atoms with E-state index in [0.29, 0.717) is 11.8 Å². The van der Waals surface area contributed by atoms with Gasteiger partial charge >= 0.3 is 0 Å². The SMILES string of the molecule is CC(C)[C@H](N)C(O)C1=CC1c1ccccc1. The molecule has 0 heterocycles. The summed E-state index contributed by atoms with van der Waals surface area (Å²) in [6.07, 6.45) is 1.60. The Balaban J connectivity index is 1.99. The topological polar surface area (TPSA) is 46.2 Å². The maximum absolute atomic E-state index is 10.1. The van der Waals surface area contributed by atoms with Crippen molar-refractivity contribution in [3.63, 3.8) is 0 Å². The van der Waals surface area contributed by atoms with Gasteiger partial charge in [0.2, 0.25) is 0 Å². The van der Waals surface area contributed by atoms with E-state index in [9.17, 15) is 5.11 Å². The van der Waals surface area contributed by atoms with Crippen LogP contribution in [0, 0.1) is 5.92 Å². The molecule has 0 saturated heterocycles. The Morgan fingerprint density at radius 1 is 1.19 bits per heavy atom. The van der Waals surface area contributed by atoms with Gasteiger partial charge < -0.3 is 10.8 Å². The Labute approximate surface area is 96.8 Å². The standard InChI is InChI=1S/C14H19NO/c1-9(2)13(15)14(16)12-8-11(12)10-6-4-3-5-7-10/h3-9,11,13-14,16H,15H2,1-2H3/t11?,13-,14?/m0/s1. The Hall–Kier alpha value is -1.12. The van der Waals surface area contributed by atoms with Crippen LogP contribution >= 0.6 is 0 Å². The third kappa shape index (κ3) is 2.18.